The highest BCUT2D eigenvalue weighted by molar-refractivity contribution is 8.18. The molecule has 0 unspecified atom stereocenters. The van der Waals surface area contributed by atoms with Crippen molar-refractivity contribution in [3.63, 3.8) is 0 Å². The molecular formula is C20H19ClN2O2S. The molecule has 1 aliphatic heterocycles. The van der Waals surface area contributed by atoms with Crippen molar-refractivity contribution in [2.24, 2.45) is 4.99 Å². The van der Waals surface area contributed by atoms with Crippen molar-refractivity contribution < 1.29 is 9.53 Å². The summed E-state index contributed by atoms with van der Waals surface area (Å²) in [5.41, 5.74) is 2.74. The average Bonchev–Trinajstić information content (AvgIpc) is 2.93. The lowest BCUT2D eigenvalue weighted by Gasteiger charge is -2.12. The number of halogens is 1. The fourth-order valence-electron chi connectivity index (χ4n) is 2.57. The van der Waals surface area contributed by atoms with Crippen LogP contribution in [0.3, 0.4) is 0 Å². The van der Waals surface area contributed by atoms with Crippen molar-refractivity contribution in [2.45, 2.75) is 13.8 Å². The van der Waals surface area contributed by atoms with Crippen molar-refractivity contribution >= 4 is 46.2 Å². The van der Waals surface area contributed by atoms with Crippen LogP contribution in [0.2, 0.25) is 5.02 Å². The van der Waals surface area contributed by atoms with Crippen LogP contribution in [0, 0.1) is 6.92 Å². The summed E-state index contributed by atoms with van der Waals surface area (Å²) < 4.78 is 5.36. The Morgan fingerprint density at radius 2 is 1.96 bits per heavy atom. The first-order valence-corrected chi connectivity index (χ1v) is 9.41. The van der Waals surface area contributed by atoms with E-state index in [4.69, 9.17) is 16.3 Å². The first-order valence-electron chi connectivity index (χ1n) is 8.22. The highest BCUT2D eigenvalue weighted by Crippen LogP contribution is 2.34. The molecule has 1 fully saturated rings. The molecule has 0 N–H and O–H groups in total. The molecule has 2 aromatic rings. The molecule has 0 spiro atoms. The summed E-state index contributed by atoms with van der Waals surface area (Å²) in [6, 6.07) is 13.1. The van der Waals surface area contributed by atoms with Crippen LogP contribution < -0.4 is 4.74 Å². The van der Waals surface area contributed by atoms with E-state index in [0.29, 0.717) is 21.6 Å². The summed E-state index contributed by atoms with van der Waals surface area (Å²) >= 11 is 7.30. The molecule has 0 aliphatic carbocycles. The van der Waals surface area contributed by atoms with Gasteiger partial charge in [-0.15, -0.1) is 0 Å². The van der Waals surface area contributed by atoms with E-state index in [1.165, 1.54) is 11.8 Å². The number of hydrogen-bond donors (Lipinski definition) is 0. The number of hydrogen-bond acceptors (Lipinski definition) is 4. The molecule has 0 aromatic heterocycles. The molecule has 1 amide bonds. The number of methoxy groups -OCH3 is 1. The van der Waals surface area contributed by atoms with Gasteiger partial charge in [0.15, 0.2) is 5.17 Å². The largest absolute Gasteiger partial charge is 0.496 e. The monoisotopic (exact) mass is 386 g/mol. The van der Waals surface area contributed by atoms with Gasteiger partial charge in [0.1, 0.15) is 5.75 Å². The van der Waals surface area contributed by atoms with Crippen molar-refractivity contribution in [2.75, 3.05) is 13.7 Å². The van der Waals surface area contributed by atoms with E-state index in [-0.39, 0.29) is 5.91 Å². The third-order valence-electron chi connectivity index (χ3n) is 3.99. The fourth-order valence-corrected chi connectivity index (χ4v) is 3.76. The maximum absolute atomic E-state index is 12.7. The average molecular weight is 387 g/mol. The van der Waals surface area contributed by atoms with Crippen molar-refractivity contribution in [1.82, 2.24) is 4.90 Å². The van der Waals surface area contributed by atoms with Crippen LogP contribution in [0.15, 0.2) is 52.4 Å². The maximum Gasteiger partial charge on any atom is 0.266 e. The zero-order chi connectivity index (χ0) is 18.7. The third-order valence-corrected chi connectivity index (χ3v) is 5.24. The number of carbonyl (C=O) groups is 1. The van der Waals surface area contributed by atoms with Gasteiger partial charge in [0, 0.05) is 11.6 Å². The number of aliphatic imine (C=N–C) groups is 1. The van der Waals surface area contributed by atoms with E-state index in [1.807, 2.05) is 50.3 Å². The molecule has 1 heterocycles. The number of carbonyl (C=O) groups excluding carboxylic acids is 1. The molecule has 134 valence electrons. The van der Waals surface area contributed by atoms with Crippen LogP contribution >= 0.6 is 23.4 Å². The zero-order valence-corrected chi connectivity index (χ0v) is 16.4. The Balaban J connectivity index is 1.92. The number of likely N-dealkylation sites (N-methyl/N-ethyl adjacent to an activating group) is 1. The van der Waals surface area contributed by atoms with E-state index < -0.39 is 0 Å². The van der Waals surface area contributed by atoms with Gasteiger partial charge in [-0.1, -0.05) is 23.7 Å². The van der Waals surface area contributed by atoms with Gasteiger partial charge in [0.2, 0.25) is 0 Å². The van der Waals surface area contributed by atoms with Gasteiger partial charge in [-0.05, 0) is 73.1 Å². The molecule has 3 rings (SSSR count). The first kappa shape index (κ1) is 18.5. The number of ether oxygens (including phenoxy) is 1. The first-order chi connectivity index (χ1) is 12.5. The third kappa shape index (κ3) is 3.94. The van der Waals surface area contributed by atoms with Gasteiger partial charge < -0.3 is 4.74 Å². The maximum atomic E-state index is 12.7. The summed E-state index contributed by atoms with van der Waals surface area (Å²) in [5, 5.41) is 1.33. The van der Waals surface area contributed by atoms with Gasteiger partial charge in [0.05, 0.1) is 17.7 Å². The molecule has 26 heavy (non-hydrogen) atoms. The Labute approximate surface area is 162 Å². The Kier molecular flexibility index (Phi) is 5.69. The summed E-state index contributed by atoms with van der Waals surface area (Å²) in [6.45, 7) is 4.49. The van der Waals surface area contributed by atoms with Crippen LogP contribution in [-0.4, -0.2) is 29.6 Å². The minimum absolute atomic E-state index is 0.0373. The fraction of sp³-hybridized carbons (Fsp3) is 0.200. The molecule has 2 aromatic carbocycles. The highest BCUT2D eigenvalue weighted by atomic mass is 35.5. The summed E-state index contributed by atoms with van der Waals surface area (Å²) in [7, 11) is 1.64. The number of aryl methyl sites for hydroxylation is 1. The number of thioether (sulfide) groups is 1. The second-order valence-electron chi connectivity index (χ2n) is 5.76. The standard InChI is InChI=1S/C20H19ClN2O2S/c1-4-23-19(24)18(12-14-6-5-13(2)17(11-14)25-3)26-20(23)22-16-9-7-15(21)8-10-16/h5-12H,4H2,1-3H3/b18-12+,22-20?. The Morgan fingerprint density at radius 1 is 1.23 bits per heavy atom. The van der Waals surface area contributed by atoms with E-state index in [2.05, 4.69) is 4.99 Å². The second kappa shape index (κ2) is 7.98. The summed E-state index contributed by atoms with van der Waals surface area (Å²) in [6.07, 6.45) is 1.88. The normalized spacial score (nSPS) is 17.4. The van der Waals surface area contributed by atoms with Gasteiger partial charge in [-0.2, -0.15) is 0 Å². The predicted molar refractivity (Wildman–Crippen MR) is 109 cm³/mol. The molecule has 6 heteroatoms. The van der Waals surface area contributed by atoms with Crippen LogP contribution in [-0.2, 0) is 4.79 Å². The predicted octanol–water partition coefficient (Wildman–Crippen LogP) is 5.28. The lowest BCUT2D eigenvalue weighted by molar-refractivity contribution is -0.122. The molecule has 0 radical (unpaired) electrons. The van der Waals surface area contributed by atoms with E-state index >= 15 is 0 Å². The van der Waals surface area contributed by atoms with Crippen LogP contribution in [0.25, 0.3) is 6.08 Å². The summed E-state index contributed by atoms with van der Waals surface area (Å²) in [5.74, 6) is 0.766. The Morgan fingerprint density at radius 3 is 2.62 bits per heavy atom. The van der Waals surface area contributed by atoms with Gasteiger partial charge >= 0.3 is 0 Å². The molecule has 4 nitrogen and oxygen atoms in total. The Hall–Kier alpha value is -2.24. The van der Waals surface area contributed by atoms with Crippen molar-refractivity contribution in [3.8, 4) is 5.75 Å². The minimum Gasteiger partial charge on any atom is -0.496 e. The molecule has 0 saturated carbocycles. The van der Waals surface area contributed by atoms with Gasteiger partial charge in [-0.25, -0.2) is 4.99 Å². The molecule has 1 saturated heterocycles. The Bertz CT molecular complexity index is 891. The SMILES string of the molecule is CCN1C(=O)/C(=C\c2ccc(C)c(OC)c2)SC1=Nc1ccc(Cl)cc1. The zero-order valence-electron chi connectivity index (χ0n) is 14.8. The summed E-state index contributed by atoms with van der Waals surface area (Å²) in [4.78, 5) is 19.6. The van der Waals surface area contributed by atoms with Gasteiger partial charge in [-0.3, -0.25) is 9.69 Å². The van der Waals surface area contributed by atoms with Crippen molar-refractivity contribution in [1.29, 1.82) is 0 Å². The highest BCUT2D eigenvalue weighted by Gasteiger charge is 2.32. The lowest BCUT2D eigenvalue weighted by atomic mass is 10.1. The number of amides is 1. The number of nitrogens with zero attached hydrogens (tertiary/aromatic N) is 2. The minimum atomic E-state index is -0.0373. The smallest absolute Gasteiger partial charge is 0.266 e. The second-order valence-corrected chi connectivity index (χ2v) is 7.21. The van der Waals surface area contributed by atoms with Gasteiger partial charge in [0.25, 0.3) is 5.91 Å². The molecular weight excluding hydrogens is 368 g/mol. The number of rotatable bonds is 4. The van der Waals surface area contributed by atoms with Crippen LogP contribution in [0.1, 0.15) is 18.1 Å². The lowest BCUT2D eigenvalue weighted by Crippen LogP contribution is -2.28. The molecule has 1 aliphatic rings. The van der Waals surface area contributed by atoms with E-state index in [9.17, 15) is 4.79 Å². The van der Waals surface area contributed by atoms with Crippen LogP contribution in [0.4, 0.5) is 5.69 Å². The number of amidine groups is 1. The molecule has 0 bridgehead atoms. The van der Waals surface area contributed by atoms with E-state index in [1.54, 1.807) is 24.1 Å². The number of benzene rings is 2. The topological polar surface area (TPSA) is 41.9 Å². The molecule has 0 atom stereocenters. The van der Waals surface area contributed by atoms with E-state index in [0.717, 1.165) is 22.6 Å². The van der Waals surface area contributed by atoms with Crippen molar-refractivity contribution in [3.05, 3.63) is 63.5 Å². The van der Waals surface area contributed by atoms with Crippen LogP contribution in [0.5, 0.6) is 5.75 Å². The quantitative estimate of drug-likeness (QED) is 0.671.